The van der Waals surface area contributed by atoms with Gasteiger partial charge >= 0.3 is 0 Å². The Morgan fingerprint density at radius 2 is 0.700 bits per heavy atom. The maximum atomic E-state index is 4.96. The fourth-order valence-corrected chi connectivity index (χ4v) is 9.09. The molecule has 1 heterocycles. The third-order valence-corrected chi connectivity index (χ3v) is 11.9. The second-order valence-electron chi connectivity index (χ2n) is 15.6. The van der Waals surface area contributed by atoms with Crippen LogP contribution in [-0.4, -0.2) is 9.55 Å². The Labute approximate surface area is 350 Å². The molecule has 11 aromatic rings. The van der Waals surface area contributed by atoms with Crippen molar-refractivity contribution in [3.05, 3.63) is 230 Å². The minimum Gasteiger partial charge on any atom is -0.297 e. The Bertz CT molecular complexity index is 3340. The minimum absolute atomic E-state index is 0.978. The fraction of sp³-hybridized carbons (Fsp3) is 0.0172. The molecule has 10 aromatic carbocycles. The van der Waals surface area contributed by atoms with Gasteiger partial charge in [0.05, 0.1) is 11.0 Å². The van der Waals surface area contributed by atoms with Crippen molar-refractivity contribution in [2.75, 3.05) is 0 Å². The lowest BCUT2D eigenvalue weighted by Crippen LogP contribution is -1.95. The molecule has 0 saturated heterocycles. The number of fused-ring (bicyclic) bond motifs is 3. The van der Waals surface area contributed by atoms with Gasteiger partial charge in [-0.1, -0.05) is 182 Å². The van der Waals surface area contributed by atoms with E-state index in [-0.39, 0.29) is 0 Å². The lowest BCUT2D eigenvalue weighted by molar-refractivity contribution is 1.00. The average molecular weight is 765 g/mol. The van der Waals surface area contributed by atoms with Crippen LogP contribution in [0.15, 0.2) is 224 Å². The summed E-state index contributed by atoms with van der Waals surface area (Å²) < 4.78 is 2.22. The molecule has 0 fully saturated rings. The number of para-hydroxylation sites is 1. The number of aromatic nitrogens is 2. The van der Waals surface area contributed by atoms with Crippen molar-refractivity contribution >= 4 is 32.6 Å². The van der Waals surface area contributed by atoms with E-state index in [0.29, 0.717) is 0 Å². The first-order valence-electron chi connectivity index (χ1n) is 20.6. The highest BCUT2D eigenvalue weighted by atomic mass is 15.1. The second-order valence-corrected chi connectivity index (χ2v) is 15.6. The van der Waals surface area contributed by atoms with Crippen molar-refractivity contribution in [1.29, 1.82) is 0 Å². The van der Waals surface area contributed by atoms with Crippen LogP contribution in [0.25, 0.3) is 105 Å². The summed E-state index contributed by atoms with van der Waals surface area (Å²) in [5.74, 6) is 0.978. The molecule has 2 heteroatoms. The molecule has 0 unspecified atom stereocenters. The van der Waals surface area contributed by atoms with Gasteiger partial charge in [-0.05, 0) is 138 Å². The maximum Gasteiger partial charge on any atom is 0.111 e. The van der Waals surface area contributed by atoms with E-state index in [1.807, 2.05) is 6.07 Å². The first-order chi connectivity index (χ1) is 29.7. The molecule has 1 aromatic heterocycles. The summed E-state index contributed by atoms with van der Waals surface area (Å²) in [7, 11) is 0. The minimum atomic E-state index is 0.978. The highest BCUT2D eigenvalue weighted by Gasteiger charge is 2.19. The van der Waals surface area contributed by atoms with Gasteiger partial charge in [-0.2, -0.15) is 0 Å². The van der Waals surface area contributed by atoms with Crippen molar-refractivity contribution in [2.45, 2.75) is 6.92 Å². The van der Waals surface area contributed by atoms with E-state index in [1.54, 1.807) is 0 Å². The van der Waals surface area contributed by atoms with E-state index >= 15 is 0 Å². The molecular weight excluding hydrogens is 725 g/mol. The van der Waals surface area contributed by atoms with Crippen LogP contribution in [0.4, 0.5) is 0 Å². The van der Waals surface area contributed by atoms with Crippen molar-refractivity contribution in [3.8, 4) is 72.4 Å². The number of aryl methyl sites for hydroxylation is 1. The lowest BCUT2D eigenvalue weighted by atomic mass is 9.84. The summed E-state index contributed by atoms with van der Waals surface area (Å²) in [6.45, 7) is 2.07. The van der Waals surface area contributed by atoms with Gasteiger partial charge in [0.15, 0.2) is 0 Å². The van der Waals surface area contributed by atoms with Gasteiger partial charge in [-0.15, -0.1) is 0 Å². The van der Waals surface area contributed by atoms with Gasteiger partial charge in [0, 0.05) is 5.69 Å². The quantitative estimate of drug-likeness (QED) is 0.148. The standard InChI is InChI=1S/C58H40N2/c1-39-59-55-38-47(32-34-56(55)60(39)50-23-9-4-10-24-50)43-29-27-42(28-30-43)46-31-33-53-54(37-46)58(49-22-14-20-45(36-49)41-17-7-3-8-18-41)52-26-12-11-25-51(52)57(53)48-21-13-19-44(35-48)40-15-5-2-6-16-40/h2-38H,1H3. The molecule has 0 N–H and O–H groups in total. The summed E-state index contributed by atoms with van der Waals surface area (Å²) in [4.78, 5) is 4.96. The van der Waals surface area contributed by atoms with Gasteiger partial charge in [0.1, 0.15) is 5.82 Å². The lowest BCUT2D eigenvalue weighted by Gasteiger charge is -2.19. The number of rotatable bonds is 7. The summed E-state index contributed by atoms with van der Waals surface area (Å²) >= 11 is 0. The van der Waals surface area contributed by atoms with Gasteiger partial charge in [0.2, 0.25) is 0 Å². The number of hydrogen-bond donors (Lipinski definition) is 0. The first-order valence-corrected chi connectivity index (χ1v) is 20.6. The van der Waals surface area contributed by atoms with Crippen molar-refractivity contribution in [1.82, 2.24) is 9.55 Å². The van der Waals surface area contributed by atoms with E-state index < -0.39 is 0 Å². The number of hydrogen-bond acceptors (Lipinski definition) is 1. The first kappa shape index (κ1) is 35.4. The highest BCUT2D eigenvalue weighted by molar-refractivity contribution is 6.22. The van der Waals surface area contributed by atoms with Crippen LogP contribution in [0.5, 0.6) is 0 Å². The molecule has 282 valence electrons. The van der Waals surface area contributed by atoms with E-state index in [2.05, 4.69) is 230 Å². The Balaban J connectivity index is 1.07. The fourth-order valence-electron chi connectivity index (χ4n) is 9.09. The summed E-state index contributed by atoms with van der Waals surface area (Å²) in [5.41, 5.74) is 17.7. The van der Waals surface area contributed by atoms with Crippen LogP contribution < -0.4 is 0 Å². The Morgan fingerprint density at radius 1 is 0.300 bits per heavy atom. The average Bonchev–Trinajstić information content (AvgIpc) is 3.66. The number of benzene rings is 10. The highest BCUT2D eigenvalue weighted by Crippen LogP contribution is 2.46. The zero-order chi connectivity index (χ0) is 40.0. The largest absolute Gasteiger partial charge is 0.297 e. The molecule has 0 amide bonds. The SMILES string of the molecule is Cc1nc2cc(-c3ccc(-c4ccc5c(-c6cccc(-c7ccccc7)c6)c6ccccc6c(-c6cccc(-c7ccccc7)c6)c5c4)cc3)ccc2n1-c1ccccc1. The maximum absolute atomic E-state index is 4.96. The molecule has 0 saturated carbocycles. The van der Waals surface area contributed by atoms with Crippen molar-refractivity contribution in [2.24, 2.45) is 0 Å². The van der Waals surface area contributed by atoms with Gasteiger partial charge in [-0.25, -0.2) is 4.98 Å². The Hall–Kier alpha value is -7.81. The van der Waals surface area contributed by atoms with E-state index in [0.717, 1.165) is 28.1 Å². The molecular formula is C58H40N2. The van der Waals surface area contributed by atoms with Crippen molar-refractivity contribution in [3.63, 3.8) is 0 Å². The zero-order valence-corrected chi connectivity index (χ0v) is 33.3. The Morgan fingerprint density at radius 3 is 1.28 bits per heavy atom. The van der Waals surface area contributed by atoms with Crippen LogP contribution in [0.1, 0.15) is 5.82 Å². The summed E-state index contributed by atoms with van der Waals surface area (Å²) in [5, 5.41) is 4.95. The monoisotopic (exact) mass is 764 g/mol. The molecule has 0 atom stereocenters. The van der Waals surface area contributed by atoms with Crippen LogP contribution in [0.3, 0.4) is 0 Å². The van der Waals surface area contributed by atoms with Gasteiger partial charge in [0.25, 0.3) is 0 Å². The second kappa shape index (κ2) is 14.8. The molecule has 0 radical (unpaired) electrons. The smallest absolute Gasteiger partial charge is 0.111 e. The predicted molar refractivity (Wildman–Crippen MR) is 253 cm³/mol. The molecule has 11 rings (SSSR count). The summed E-state index contributed by atoms with van der Waals surface area (Å²) in [6.07, 6.45) is 0. The number of nitrogens with zero attached hydrogens (tertiary/aromatic N) is 2. The van der Waals surface area contributed by atoms with E-state index in [1.165, 1.54) is 82.7 Å². The van der Waals surface area contributed by atoms with Gasteiger partial charge in [-0.3, -0.25) is 4.57 Å². The predicted octanol–water partition coefficient (Wildman–Crippen LogP) is 15.6. The Kier molecular flexibility index (Phi) is 8.75. The normalized spacial score (nSPS) is 11.4. The van der Waals surface area contributed by atoms with E-state index in [4.69, 9.17) is 4.98 Å². The molecule has 0 aliphatic carbocycles. The molecule has 0 bridgehead atoms. The van der Waals surface area contributed by atoms with Crippen LogP contribution >= 0.6 is 0 Å². The number of imidazole rings is 1. The van der Waals surface area contributed by atoms with Crippen LogP contribution in [0, 0.1) is 6.92 Å². The third-order valence-electron chi connectivity index (χ3n) is 11.9. The summed E-state index contributed by atoms with van der Waals surface area (Å²) in [6, 6.07) is 81.5. The van der Waals surface area contributed by atoms with Crippen LogP contribution in [0.2, 0.25) is 0 Å². The molecule has 0 spiro atoms. The topological polar surface area (TPSA) is 17.8 Å². The molecule has 0 aliphatic heterocycles. The molecule has 60 heavy (non-hydrogen) atoms. The molecule has 2 nitrogen and oxygen atoms in total. The zero-order valence-electron chi connectivity index (χ0n) is 33.3. The van der Waals surface area contributed by atoms with Crippen molar-refractivity contribution < 1.29 is 0 Å². The van der Waals surface area contributed by atoms with Crippen LogP contribution in [-0.2, 0) is 0 Å². The third kappa shape index (κ3) is 6.27. The van der Waals surface area contributed by atoms with Gasteiger partial charge < -0.3 is 0 Å². The molecule has 0 aliphatic rings. The van der Waals surface area contributed by atoms with E-state index in [9.17, 15) is 0 Å².